The van der Waals surface area contributed by atoms with Gasteiger partial charge in [0, 0.05) is 15.4 Å². The zero-order chi connectivity index (χ0) is 12.3. The number of thiophene rings is 1. The van der Waals surface area contributed by atoms with Crippen molar-refractivity contribution in [3.8, 4) is 0 Å². The van der Waals surface area contributed by atoms with Gasteiger partial charge in [0.05, 0.1) is 0 Å². The molecule has 0 saturated heterocycles. The number of hydrogen-bond acceptors (Lipinski definition) is 2. The molecule has 1 N–H and O–H groups in total. The molecule has 0 bridgehead atoms. The highest BCUT2D eigenvalue weighted by atomic mass is 79.9. The lowest BCUT2D eigenvalue weighted by Gasteiger charge is -2.41. The maximum absolute atomic E-state index is 3.72. The molecule has 1 unspecified atom stereocenters. The van der Waals surface area contributed by atoms with E-state index in [-0.39, 0.29) is 0 Å². The fourth-order valence-corrected chi connectivity index (χ4v) is 4.87. The summed E-state index contributed by atoms with van der Waals surface area (Å²) in [7, 11) is 0. The molecule has 1 nitrogen and oxygen atoms in total. The highest BCUT2D eigenvalue weighted by molar-refractivity contribution is 9.10. The lowest BCUT2D eigenvalue weighted by molar-refractivity contribution is 0.148. The van der Waals surface area contributed by atoms with Gasteiger partial charge in [-0.1, -0.05) is 33.1 Å². The topological polar surface area (TPSA) is 12.0 Å². The Bertz CT molecular complexity index is 355. The van der Waals surface area contributed by atoms with Crippen LogP contribution in [0.15, 0.2) is 15.9 Å². The summed E-state index contributed by atoms with van der Waals surface area (Å²) in [4.78, 5) is 1.48. The molecule has 2 rings (SSSR count). The van der Waals surface area contributed by atoms with Crippen LogP contribution in [0.3, 0.4) is 0 Å². The van der Waals surface area contributed by atoms with Gasteiger partial charge in [0.25, 0.3) is 0 Å². The molecule has 1 saturated carbocycles. The molecule has 1 aromatic heterocycles. The molecule has 0 aliphatic heterocycles. The molecule has 0 radical (unpaired) electrons. The predicted molar refractivity (Wildman–Crippen MR) is 79.6 cm³/mol. The number of hydrogen-bond donors (Lipinski definition) is 1. The quantitative estimate of drug-likeness (QED) is 0.812. The van der Waals surface area contributed by atoms with Crippen LogP contribution in [0.2, 0.25) is 0 Å². The zero-order valence-electron chi connectivity index (χ0n) is 10.8. The van der Waals surface area contributed by atoms with Crippen LogP contribution >= 0.6 is 27.3 Å². The summed E-state index contributed by atoms with van der Waals surface area (Å²) < 4.78 is 1.28. The van der Waals surface area contributed by atoms with E-state index in [1.165, 1.54) is 41.5 Å². The van der Waals surface area contributed by atoms with Gasteiger partial charge >= 0.3 is 0 Å². The Hall–Kier alpha value is 0.140. The minimum atomic E-state index is 0.432. The highest BCUT2D eigenvalue weighted by Crippen LogP contribution is 2.48. The van der Waals surface area contributed by atoms with E-state index in [0.29, 0.717) is 11.5 Å². The molecule has 1 heterocycles. The molecule has 96 valence electrons. The van der Waals surface area contributed by atoms with Crippen LogP contribution in [0.25, 0.3) is 0 Å². The predicted octanol–water partition coefficient (Wildman–Crippen LogP) is 5.13. The molecule has 0 spiro atoms. The van der Waals surface area contributed by atoms with E-state index in [1.807, 2.05) is 11.3 Å². The van der Waals surface area contributed by atoms with Gasteiger partial charge in [-0.3, -0.25) is 0 Å². The Labute approximate surface area is 117 Å². The molecule has 17 heavy (non-hydrogen) atoms. The maximum Gasteiger partial charge on any atom is 0.0480 e. The number of halogens is 1. The summed E-state index contributed by atoms with van der Waals surface area (Å²) in [5.41, 5.74) is 0.432. The fraction of sp³-hybridized carbons (Fsp3) is 0.714. The van der Waals surface area contributed by atoms with Gasteiger partial charge in [-0.05, 0) is 52.2 Å². The molecule has 1 atom stereocenters. The van der Waals surface area contributed by atoms with E-state index >= 15 is 0 Å². The van der Waals surface area contributed by atoms with Crippen LogP contribution < -0.4 is 5.32 Å². The van der Waals surface area contributed by atoms with Crippen LogP contribution in [0.4, 0.5) is 0 Å². The third-order valence-electron chi connectivity index (χ3n) is 4.01. The van der Waals surface area contributed by atoms with E-state index in [2.05, 4.69) is 46.5 Å². The first-order chi connectivity index (χ1) is 8.17. The first kappa shape index (κ1) is 13.6. The summed E-state index contributed by atoms with van der Waals surface area (Å²) in [6.45, 7) is 5.72. The van der Waals surface area contributed by atoms with Crippen molar-refractivity contribution < 1.29 is 0 Å². The SMILES string of the molecule is CCNC(c1sccc1Br)C1(C)CCCCC1. The summed E-state index contributed by atoms with van der Waals surface area (Å²) in [5.74, 6) is 0. The first-order valence-corrected chi connectivity index (χ1v) is 8.31. The van der Waals surface area contributed by atoms with Crippen molar-refractivity contribution in [2.75, 3.05) is 6.54 Å². The molecule has 1 aromatic rings. The fourth-order valence-electron chi connectivity index (χ4n) is 3.02. The second kappa shape index (κ2) is 5.85. The van der Waals surface area contributed by atoms with Crippen LogP contribution in [0.5, 0.6) is 0 Å². The van der Waals surface area contributed by atoms with E-state index < -0.39 is 0 Å². The van der Waals surface area contributed by atoms with E-state index in [1.54, 1.807) is 0 Å². The van der Waals surface area contributed by atoms with Crippen molar-refractivity contribution >= 4 is 27.3 Å². The van der Waals surface area contributed by atoms with E-state index in [9.17, 15) is 0 Å². The summed E-state index contributed by atoms with van der Waals surface area (Å²) in [6.07, 6.45) is 6.91. The lowest BCUT2D eigenvalue weighted by atomic mass is 9.70. The summed E-state index contributed by atoms with van der Waals surface area (Å²) in [6, 6.07) is 2.69. The Kier molecular flexibility index (Phi) is 4.67. The van der Waals surface area contributed by atoms with Crippen molar-refractivity contribution in [1.82, 2.24) is 5.32 Å². The van der Waals surface area contributed by atoms with E-state index in [0.717, 1.165) is 6.54 Å². The third kappa shape index (κ3) is 2.94. The lowest BCUT2D eigenvalue weighted by Crippen LogP contribution is -2.37. The Morgan fingerprint density at radius 2 is 2.12 bits per heavy atom. The Morgan fingerprint density at radius 1 is 1.41 bits per heavy atom. The van der Waals surface area contributed by atoms with E-state index in [4.69, 9.17) is 0 Å². The number of nitrogens with one attached hydrogen (secondary N) is 1. The van der Waals surface area contributed by atoms with Gasteiger partial charge in [0.1, 0.15) is 0 Å². The molecule has 1 fully saturated rings. The second-order valence-electron chi connectivity index (χ2n) is 5.34. The van der Waals surface area contributed by atoms with Crippen molar-refractivity contribution in [3.05, 3.63) is 20.8 Å². The number of rotatable bonds is 4. The Morgan fingerprint density at radius 3 is 2.65 bits per heavy atom. The highest BCUT2D eigenvalue weighted by Gasteiger charge is 2.37. The van der Waals surface area contributed by atoms with Gasteiger partial charge in [0.15, 0.2) is 0 Å². The van der Waals surface area contributed by atoms with Gasteiger partial charge in [-0.25, -0.2) is 0 Å². The monoisotopic (exact) mass is 315 g/mol. The molecule has 1 aliphatic rings. The molecule has 0 aromatic carbocycles. The standard InChI is InChI=1S/C14H22BrNS/c1-3-16-13(12-11(15)7-10-17-12)14(2)8-5-4-6-9-14/h7,10,13,16H,3-6,8-9H2,1-2H3. The zero-order valence-corrected chi connectivity index (χ0v) is 13.2. The average Bonchev–Trinajstić information content (AvgIpc) is 2.73. The normalized spacial score (nSPS) is 21.4. The Balaban J connectivity index is 2.25. The van der Waals surface area contributed by atoms with Gasteiger partial charge in [-0.2, -0.15) is 0 Å². The van der Waals surface area contributed by atoms with Crippen molar-refractivity contribution in [2.24, 2.45) is 5.41 Å². The molecule has 0 amide bonds. The van der Waals surface area contributed by atoms with Crippen LogP contribution in [-0.2, 0) is 0 Å². The largest absolute Gasteiger partial charge is 0.309 e. The molecular formula is C14H22BrNS. The van der Waals surface area contributed by atoms with Crippen LogP contribution in [0, 0.1) is 5.41 Å². The van der Waals surface area contributed by atoms with Gasteiger partial charge < -0.3 is 5.32 Å². The minimum Gasteiger partial charge on any atom is -0.309 e. The van der Waals surface area contributed by atoms with Crippen molar-refractivity contribution in [3.63, 3.8) is 0 Å². The van der Waals surface area contributed by atoms with Gasteiger partial charge in [0.2, 0.25) is 0 Å². The third-order valence-corrected chi connectivity index (χ3v) is 5.94. The van der Waals surface area contributed by atoms with Crippen LogP contribution in [0.1, 0.15) is 56.9 Å². The average molecular weight is 316 g/mol. The molecule has 1 aliphatic carbocycles. The first-order valence-electron chi connectivity index (χ1n) is 6.63. The van der Waals surface area contributed by atoms with Gasteiger partial charge in [-0.15, -0.1) is 11.3 Å². The summed E-state index contributed by atoms with van der Waals surface area (Å²) in [5, 5.41) is 5.91. The minimum absolute atomic E-state index is 0.432. The maximum atomic E-state index is 3.72. The smallest absolute Gasteiger partial charge is 0.0480 e. The summed E-state index contributed by atoms with van der Waals surface area (Å²) >= 11 is 5.58. The van der Waals surface area contributed by atoms with Crippen molar-refractivity contribution in [1.29, 1.82) is 0 Å². The second-order valence-corrected chi connectivity index (χ2v) is 7.14. The van der Waals surface area contributed by atoms with Crippen LogP contribution in [-0.4, -0.2) is 6.54 Å². The molecular weight excluding hydrogens is 294 g/mol. The molecule has 3 heteroatoms. The van der Waals surface area contributed by atoms with Crippen molar-refractivity contribution in [2.45, 2.75) is 52.0 Å².